The first-order chi connectivity index (χ1) is 9.24. The second-order valence-electron chi connectivity index (χ2n) is 5.52. The third kappa shape index (κ3) is 3.23. The number of fused-ring (bicyclic) bond motifs is 2. The van der Waals surface area contributed by atoms with Crippen molar-refractivity contribution in [1.82, 2.24) is 0 Å². The van der Waals surface area contributed by atoms with Crippen LogP contribution in [0.4, 0.5) is 22.0 Å². The van der Waals surface area contributed by atoms with Crippen LogP contribution < -0.4 is 0 Å². The highest BCUT2D eigenvalue weighted by molar-refractivity contribution is 4.93. The minimum Gasteiger partial charge on any atom is -0.349 e. The van der Waals surface area contributed by atoms with Crippen LogP contribution in [0.1, 0.15) is 25.7 Å². The average molecular weight is 304 g/mol. The highest BCUT2D eigenvalue weighted by Gasteiger charge is 2.57. The van der Waals surface area contributed by atoms with E-state index in [0.717, 1.165) is 25.7 Å². The molecule has 2 bridgehead atoms. The van der Waals surface area contributed by atoms with Crippen LogP contribution in [0.25, 0.3) is 0 Å². The van der Waals surface area contributed by atoms with Crippen molar-refractivity contribution in [2.24, 2.45) is 17.8 Å². The number of ether oxygens (including phenoxy) is 2. The Morgan fingerprint density at radius 3 is 2.30 bits per heavy atom. The fourth-order valence-corrected chi connectivity index (χ4v) is 3.31. The lowest BCUT2D eigenvalue weighted by Crippen LogP contribution is -2.44. The molecule has 0 spiro atoms. The van der Waals surface area contributed by atoms with Gasteiger partial charge >= 0.3 is 12.2 Å². The molecule has 0 aromatic heterocycles. The number of halogens is 5. The van der Waals surface area contributed by atoms with Crippen LogP contribution in [-0.2, 0) is 9.47 Å². The second-order valence-corrected chi connectivity index (χ2v) is 5.52. The Labute approximate surface area is 113 Å². The molecule has 1 N–H and O–H groups in total. The van der Waals surface area contributed by atoms with Gasteiger partial charge < -0.3 is 9.84 Å². The summed E-state index contributed by atoms with van der Waals surface area (Å²) in [6.07, 6.45) is -2.66. The molecule has 0 saturated heterocycles. The quantitative estimate of drug-likeness (QED) is 0.606. The van der Waals surface area contributed by atoms with Crippen LogP contribution in [0, 0.1) is 17.8 Å². The monoisotopic (exact) mass is 304 g/mol. The molecule has 5 atom stereocenters. The van der Waals surface area contributed by atoms with Crippen LogP contribution >= 0.6 is 0 Å². The van der Waals surface area contributed by atoms with Crippen LogP contribution in [0.15, 0.2) is 0 Å². The van der Waals surface area contributed by atoms with Gasteiger partial charge in [0.25, 0.3) is 0 Å². The topological polar surface area (TPSA) is 38.7 Å². The number of rotatable bonds is 6. The Morgan fingerprint density at radius 1 is 1.15 bits per heavy atom. The number of aliphatic hydroxyl groups is 1. The van der Waals surface area contributed by atoms with Gasteiger partial charge in [0.15, 0.2) is 6.79 Å². The first kappa shape index (κ1) is 15.9. The van der Waals surface area contributed by atoms with Crippen molar-refractivity contribution >= 4 is 0 Å². The van der Waals surface area contributed by atoms with E-state index in [2.05, 4.69) is 4.74 Å². The van der Waals surface area contributed by atoms with E-state index in [0.29, 0.717) is 11.8 Å². The first-order valence-electron chi connectivity index (χ1n) is 6.54. The molecule has 8 heteroatoms. The molecular weight excluding hydrogens is 287 g/mol. The second kappa shape index (κ2) is 5.73. The fraction of sp³-hybridized carbons (Fsp3) is 1.00. The molecule has 2 aliphatic rings. The molecule has 20 heavy (non-hydrogen) atoms. The van der Waals surface area contributed by atoms with Crippen molar-refractivity contribution < 1.29 is 36.5 Å². The SMILES string of the molecule is OC(F)(OCOC(CF)C1CC2CCC1C2)C(F)(F)F. The normalized spacial score (nSPS) is 34.2. The van der Waals surface area contributed by atoms with E-state index in [1.807, 2.05) is 0 Å². The summed E-state index contributed by atoms with van der Waals surface area (Å²) in [4.78, 5) is 0. The van der Waals surface area contributed by atoms with E-state index in [9.17, 15) is 22.0 Å². The summed E-state index contributed by atoms with van der Waals surface area (Å²) in [5.74, 6) is 0.769. The van der Waals surface area contributed by atoms with Gasteiger partial charge in [-0.25, -0.2) is 4.39 Å². The van der Waals surface area contributed by atoms with Crippen molar-refractivity contribution in [3.63, 3.8) is 0 Å². The van der Waals surface area contributed by atoms with Gasteiger partial charge in [-0.15, -0.1) is 0 Å². The third-order valence-electron chi connectivity index (χ3n) is 4.30. The summed E-state index contributed by atoms with van der Waals surface area (Å²) in [6.45, 7) is -2.01. The maximum Gasteiger partial charge on any atom is 0.477 e. The van der Waals surface area contributed by atoms with Crippen LogP contribution in [-0.4, -0.2) is 36.9 Å². The Balaban J connectivity index is 1.80. The Bertz CT molecular complexity index is 334. The zero-order valence-electron chi connectivity index (χ0n) is 10.7. The van der Waals surface area contributed by atoms with Crippen LogP contribution in [0.5, 0.6) is 0 Å². The molecule has 2 rings (SSSR count). The molecule has 5 unspecified atom stereocenters. The maximum absolute atomic E-state index is 12.9. The predicted molar refractivity (Wildman–Crippen MR) is 57.9 cm³/mol. The number of hydrogen-bond acceptors (Lipinski definition) is 3. The highest BCUT2D eigenvalue weighted by atomic mass is 19.4. The van der Waals surface area contributed by atoms with E-state index in [4.69, 9.17) is 9.84 Å². The first-order valence-corrected chi connectivity index (χ1v) is 6.54. The van der Waals surface area contributed by atoms with Crippen molar-refractivity contribution in [3.05, 3.63) is 0 Å². The fourth-order valence-electron chi connectivity index (χ4n) is 3.31. The predicted octanol–water partition coefficient (Wildman–Crippen LogP) is 2.93. The van der Waals surface area contributed by atoms with Crippen molar-refractivity contribution in [3.8, 4) is 0 Å². The molecule has 3 nitrogen and oxygen atoms in total. The van der Waals surface area contributed by atoms with Gasteiger partial charge in [0.2, 0.25) is 0 Å². The Kier molecular flexibility index (Phi) is 4.56. The van der Waals surface area contributed by atoms with E-state index in [-0.39, 0.29) is 5.92 Å². The van der Waals surface area contributed by atoms with Crippen LogP contribution in [0.2, 0.25) is 0 Å². The molecule has 2 fully saturated rings. The van der Waals surface area contributed by atoms with E-state index < -0.39 is 31.8 Å². The van der Waals surface area contributed by atoms with Crippen molar-refractivity contribution in [2.45, 2.75) is 44.0 Å². The van der Waals surface area contributed by atoms with E-state index >= 15 is 0 Å². The molecule has 0 aromatic rings. The summed E-state index contributed by atoms with van der Waals surface area (Å²) >= 11 is 0. The van der Waals surface area contributed by atoms with Crippen LogP contribution in [0.3, 0.4) is 0 Å². The van der Waals surface area contributed by atoms with E-state index in [1.165, 1.54) is 0 Å². The molecule has 0 radical (unpaired) electrons. The summed E-state index contributed by atoms with van der Waals surface area (Å²) in [7, 11) is 0. The smallest absolute Gasteiger partial charge is 0.349 e. The summed E-state index contributed by atoms with van der Waals surface area (Å²) < 4.78 is 70.1. The molecular formula is C12H17F5O3. The van der Waals surface area contributed by atoms with Crippen molar-refractivity contribution in [1.29, 1.82) is 0 Å². The summed E-state index contributed by atoms with van der Waals surface area (Å²) in [6, 6.07) is -4.78. The van der Waals surface area contributed by atoms with Gasteiger partial charge in [-0.2, -0.15) is 17.6 Å². The van der Waals surface area contributed by atoms with Crippen molar-refractivity contribution in [2.75, 3.05) is 13.5 Å². The molecule has 0 aromatic carbocycles. The lowest BCUT2D eigenvalue weighted by molar-refractivity contribution is -0.439. The highest BCUT2D eigenvalue weighted by Crippen LogP contribution is 2.50. The van der Waals surface area contributed by atoms with Gasteiger partial charge in [-0.05, 0) is 37.0 Å². The Hall–Kier alpha value is -0.470. The minimum atomic E-state index is -5.58. The molecule has 0 aliphatic heterocycles. The largest absolute Gasteiger partial charge is 0.477 e. The molecule has 2 aliphatic carbocycles. The maximum atomic E-state index is 12.9. The third-order valence-corrected chi connectivity index (χ3v) is 4.30. The summed E-state index contributed by atoms with van der Waals surface area (Å²) in [5, 5.41) is 8.42. The average Bonchev–Trinajstić information content (AvgIpc) is 2.95. The van der Waals surface area contributed by atoms with Gasteiger partial charge in [-0.3, -0.25) is 4.74 Å². The standard InChI is InChI=1S/C12H17F5O3/c13-5-10(9-4-7-1-2-8(9)3-7)19-6-20-12(17,18)11(14,15)16/h7-10,18H,1-6H2. The van der Waals surface area contributed by atoms with Gasteiger partial charge in [0.1, 0.15) is 6.67 Å². The van der Waals surface area contributed by atoms with Gasteiger partial charge in [0, 0.05) is 0 Å². The van der Waals surface area contributed by atoms with E-state index in [1.54, 1.807) is 0 Å². The minimum absolute atomic E-state index is 0.0686. The molecule has 0 heterocycles. The van der Waals surface area contributed by atoms with Gasteiger partial charge in [-0.1, -0.05) is 6.42 Å². The molecule has 0 amide bonds. The number of hydrogen-bond donors (Lipinski definition) is 1. The Morgan fingerprint density at radius 2 is 1.85 bits per heavy atom. The zero-order chi connectivity index (χ0) is 15.0. The molecule has 2 saturated carbocycles. The number of alkyl halides is 5. The summed E-state index contributed by atoms with van der Waals surface area (Å²) in [5.41, 5.74) is 0. The lowest BCUT2D eigenvalue weighted by Gasteiger charge is -2.29. The zero-order valence-corrected chi connectivity index (χ0v) is 10.7. The van der Waals surface area contributed by atoms with Gasteiger partial charge in [0.05, 0.1) is 6.10 Å². The lowest BCUT2D eigenvalue weighted by atomic mass is 9.85. The molecule has 118 valence electrons.